The Kier molecular flexibility index (Phi) is 5.05. The van der Waals surface area contributed by atoms with Crippen LogP contribution in [0, 0.1) is 0 Å². The average Bonchev–Trinajstić information content (AvgIpc) is 2.57. The van der Waals surface area contributed by atoms with E-state index in [4.69, 9.17) is 11.6 Å². The monoisotopic (exact) mass is 389 g/mol. The molecule has 2 N–H and O–H groups in total. The largest absolute Gasteiger partial charge is 0.349 e. The van der Waals surface area contributed by atoms with Gasteiger partial charge in [-0.3, -0.25) is 0 Å². The van der Waals surface area contributed by atoms with E-state index in [0.717, 1.165) is 15.7 Å². The Morgan fingerprint density at radius 2 is 1.74 bits per heavy atom. The summed E-state index contributed by atoms with van der Waals surface area (Å²) in [5, 5.41) is 15.0. The molecule has 1 heterocycles. The van der Waals surface area contributed by atoms with E-state index in [9.17, 15) is 0 Å². The van der Waals surface area contributed by atoms with Crippen LogP contribution in [0.1, 0.15) is 5.56 Å². The second kappa shape index (κ2) is 7.39. The Morgan fingerprint density at radius 3 is 2.48 bits per heavy atom. The van der Waals surface area contributed by atoms with Gasteiger partial charge in [0.2, 0.25) is 5.95 Å². The van der Waals surface area contributed by atoms with Gasteiger partial charge < -0.3 is 10.6 Å². The van der Waals surface area contributed by atoms with Crippen LogP contribution in [0.5, 0.6) is 0 Å². The fourth-order valence-corrected chi connectivity index (χ4v) is 2.29. The molecule has 23 heavy (non-hydrogen) atoms. The summed E-state index contributed by atoms with van der Waals surface area (Å²) >= 11 is 9.28. The van der Waals surface area contributed by atoms with Gasteiger partial charge in [0.1, 0.15) is 0 Å². The van der Waals surface area contributed by atoms with Crippen LogP contribution in [0.4, 0.5) is 17.5 Å². The Bertz CT molecular complexity index is 777. The Morgan fingerprint density at radius 1 is 1.00 bits per heavy atom. The molecule has 0 aliphatic heterocycles. The summed E-state index contributed by atoms with van der Waals surface area (Å²) in [6, 6.07) is 15.4. The summed E-state index contributed by atoms with van der Waals surface area (Å²) in [6.07, 6.45) is 1.58. The van der Waals surface area contributed by atoms with Crippen molar-refractivity contribution < 1.29 is 0 Å². The van der Waals surface area contributed by atoms with Crippen LogP contribution in [-0.4, -0.2) is 15.2 Å². The fraction of sp³-hybridized carbons (Fsp3) is 0.0625. The van der Waals surface area contributed by atoms with Crippen molar-refractivity contribution >= 4 is 45.0 Å². The lowest BCUT2D eigenvalue weighted by Crippen LogP contribution is -2.06. The van der Waals surface area contributed by atoms with Gasteiger partial charge in [-0.25, -0.2) is 0 Å². The van der Waals surface area contributed by atoms with Crippen molar-refractivity contribution in [3.63, 3.8) is 0 Å². The van der Waals surface area contributed by atoms with Gasteiger partial charge in [0.15, 0.2) is 5.82 Å². The molecule has 0 saturated heterocycles. The van der Waals surface area contributed by atoms with Gasteiger partial charge in [-0.1, -0.05) is 39.7 Å². The van der Waals surface area contributed by atoms with Crippen molar-refractivity contribution in [2.75, 3.05) is 10.6 Å². The van der Waals surface area contributed by atoms with Gasteiger partial charge in [-0.05, 0) is 42.0 Å². The van der Waals surface area contributed by atoms with E-state index >= 15 is 0 Å². The Labute approximate surface area is 147 Å². The molecule has 0 radical (unpaired) electrons. The molecule has 2 aromatic carbocycles. The minimum absolute atomic E-state index is 0.460. The van der Waals surface area contributed by atoms with Crippen molar-refractivity contribution in [2.24, 2.45) is 0 Å². The molecular weight excluding hydrogens is 378 g/mol. The van der Waals surface area contributed by atoms with Gasteiger partial charge in [-0.2, -0.15) is 10.1 Å². The zero-order chi connectivity index (χ0) is 16.1. The third-order valence-electron chi connectivity index (χ3n) is 3.04. The number of rotatable bonds is 5. The van der Waals surface area contributed by atoms with Crippen LogP contribution in [0.2, 0.25) is 5.02 Å². The molecule has 3 rings (SSSR count). The first-order valence-corrected chi connectivity index (χ1v) is 8.07. The summed E-state index contributed by atoms with van der Waals surface area (Å²) in [7, 11) is 0. The zero-order valence-corrected chi connectivity index (χ0v) is 14.3. The number of nitrogens with zero attached hydrogens (tertiary/aromatic N) is 3. The maximum Gasteiger partial charge on any atom is 0.244 e. The van der Waals surface area contributed by atoms with Crippen molar-refractivity contribution in [2.45, 2.75) is 6.54 Å². The molecule has 7 heteroatoms. The number of anilines is 3. The second-order valence-corrected chi connectivity index (χ2v) is 6.13. The van der Waals surface area contributed by atoms with Crippen LogP contribution in [0.25, 0.3) is 0 Å². The minimum Gasteiger partial charge on any atom is -0.349 e. The Balaban J connectivity index is 1.65. The smallest absolute Gasteiger partial charge is 0.244 e. The van der Waals surface area contributed by atoms with E-state index in [1.54, 1.807) is 6.20 Å². The van der Waals surface area contributed by atoms with E-state index in [-0.39, 0.29) is 0 Å². The molecule has 3 aromatic rings. The third kappa shape index (κ3) is 4.64. The summed E-state index contributed by atoms with van der Waals surface area (Å²) in [5.41, 5.74) is 2.02. The lowest BCUT2D eigenvalue weighted by molar-refractivity contribution is 0.949. The van der Waals surface area contributed by atoms with Crippen LogP contribution in [0.3, 0.4) is 0 Å². The maximum absolute atomic E-state index is 5.87. The SMILES string of the molecule is Clc1ccc(CNc2nncc(Nc3ccc(Br)cc3)n2)cc1. The highest BCUT2D eigenvalue weighted by atomic mass is 79.9. The number of hydrogen-bond acceptors (Lipinski definition) is 5. The molecule has 5 nitrogen and oxygen atoms in total. The summed E-state index contributed by atoms with van der Waals surface area (Å²) < 4.78 is 1.02. The fourth-order valence-electron chi connectivity index (χ4n) is 1.90. The predicted octanol–water partition coefficient (Wildman–Crippen LogP) is 4.64. The second-order valence-electron chi connectivity index (χ2n) is 4.78. The molecule has 116 valence electrons. The molecule has 0 aliphatic rings. The topological polar surface area (TPSA) is 62.7 Å². The van der Waals surface area contributed by atoms with Crippen molar-refractivity contribution in [1.29, 1.82) is 0 Å². The average molecular weight is 391 g/mol. The van der Waals surface area contributed by atoms with E-state index in [0.29, 0.717) is 23.3 Å². The predicted molar refractivity (Wildman–Crippen MR) is 96.0 cm³/mol. The molecule has 0 unspecified atom stereocenters. The first-order chi connectivity index (χ1) is 11.2. The highest BCUT2D eigenvalue weighted by Gasteiger charge is 2.02. The first-order valence-electron chi connectivity index (χ1n) is 6.90. The number of aromatic nitrogens is 3. The van der Waals surface area contributed by atoms with E-state index in [2.05, 4.69) is 41.7 Å². The van der Waals surface area contributed by atoms with E-state index < -0.39 is 0 Å². The number of nitrogens with one attached hydrogen (secondary N) is 2. The highest BCUT2D eigenvalue weighted by molar-refractivity contribution is 9.10. The van der Waals surface area contributed by atoms with E-state index in [1.165, 1.54) is 0 Å². The van der Waals surface area contributed by atoms with Crippen molar-refractivity contribution in [1.82, 2.24) is 15.2 Å². The summed E-state index contributed by atoms with van der Waals surface area (Å²) in [4.78, 5) is 4.39. The van der Waals surface area contributed by atoms with Crippen LogP contribution >= 0.6 is 27.5 Å². The molecule has 0 atom stereocenters. The van der Waals surface area contributed by atoms with Crippen LogP contribution in [0.15, 0.2) is 59.2 Å². The quantitative estimate of drug-likeness (QED) is 0.664. The van der Waals surface area contributed by atoms with Crippen LogP contribution < -0.4 is 10.6 Å². The van der Waals surface area contributed by atoms with Gasteiger partial charge in [-0.15, -0.1) is 5.10 Å². The standard InChI is InChI=1S/C16H13BrClN5/c17-12-3-7-14(8-4-12)21-15-10-20-23-16(22-15)19-9-11-1-5-13(18)6-2-11/h1-8,10H,9H2,(H2,19,21,22,23). The normalized spacial score (nSPS) is 10.3. The lowest BCUT2D eigenvalue weighted by Gasteiger charge is -2.08. The zero-order valence-electron chi connectivity index (χ0n) is 12.0. The maximum atomic E-state index is 5.87. The van der Waals surface area contributed by atoms with E-state index in [1.807, 2.05) is 48.5 Å². The van der Waals surface area contributed by atoms with Gasteiger partial charge in [0.25, 0.3) is 0 Å². The minimum atomic E-state index is 0.460. The van der Waals surface area contributed by atoms with Crippen molar-refractivity contribution in [3.8, 4) is 0 Å². The molecule has 0 aliphatic carbocycles. The molecule has 0 amide bonds. The number of hydrogen-bond donors (Lipinski definition) is 2. The van der Waals surface area contributed by atoms with Gasteiger partial charge in [0.05, 0.1) is 6.20 Å². The molecule has 0 spiro atoms. The summed E-state index contributed by atoms with van der Waals surface area (Å²) in [5.74, 6) is 1.09. The molecule has 0 saturated carbocycles. The first kappa shape index (κ1) is 15.7. The summed E-state index contributed by atoms with van der Waals surface area (Å²) in [6.45, 7) is 0.598. The molecule has 0 fully saturated rings. The lowest BCUT2D eigenvalue weighted by atomic mass is 10.2. The Hall–Kier alpha value is -2.18. The van der Waals surface area contributed by atoms with Crippen molar-refractivity contribution in [3.05, 3.63) is 69.8 Å². The number of halogens is 2. The molecular formula is C16H13BrClN5. The number of benzene rings is 2. The van der Waals surface area contributed by atoms with Gasteiger partial charge >= 0.3 is 0 Å². The molecule has 1 aromatic heterocycles. The van der Waals surface area contributed by atoms with Gasteiger partial charge in [0, 0.05) is 21.7 Å². The van der Waals surface area contributed by atoms with Crippen LogP contribution in [-0.2, 0) is 6.54 Å². The highest BCUT2D eigenvalue weighted by Crippen LogP contribution is 2.18. The third-order valence-corrected chi connectivity index (χ3v) is 3.82. The molecule has 0 bridgehead atoms.